The number of hydrogen-bond acceptors (Lipinski definition) is 5. The topological polar surface area (TPSA) is 78.8 Å². The van der Waals surface area contributed by atoms with Gasteiger partial charge in [-0.3, -0.25) is 14.6 Å². The summed E-state index contributed by atoms with van der Waals surface area (Å²) in [4.78, 5) is 31.6. The van der Waals surface area contributed by atoms with Crippen molar-refractivity contribution in [2.75, 3.05) is 5.32 Å². The third-order valence-electron chi connectivity index (χ3n) is 7.10. The number of carbonyl (C=O) groups is 2. The molecule has 0 radical (unpaired) electrons. The van der Waals surface area contributed by atoms with Crippen molar-refractivity contribution in [3.05, 3.63) is 88.5 Å². The van der Waals surface area contributed by atoms with Gasteiger partial charge in [0, 0.05) is 23.3 Å². The molecule has 2 N–H and O–H groups in total. The molecule has 1 unspecified atom stereocenters. The van der Waals surface area contributed by atoms with Gasteiger partial charge in [-0.1, -0.05) is 56.3 Å². The molecule has 2 aliphatic rings. The Morgan fingerprint density at radius 1 is 0.971 bits per heavy atom. The summed E-state index contributed by atoms with van der Waals surface area (Å²) in [6, 6.07) is 18.3. The molecule has 0 aromatic heterocycles. The lowest BCUT2D eigenvalue weighted by atomic mass is 9.68. The van der Waals surface area contributed by atoms with Gasteiger partial charge in [0.05, 0.1) is 23.3 Å². The van der Waals surface area contributed by atoms with E-state index in [9.17, 15) is 14.7 Å². The average Bonchev–Trinajstić information content (AvgIpc) is 2.97. The van der Waals surface area contributed by atoms with E-state index >= 15 is 0 Å². The van der Waals surface area contributed by atoms with Crippen LogP contribution < -0.4 is 5.32 Å². The number of aryl methyl sites for hydroxylation is 2. The first-order chi connectivity index (χ1) is 16.6. The summed E-state index contributed by atoms with van der Waals surface area (Å²) in [5.74, 6) is -0.0334. The summed E-state index contributed by atoms with van der Waals surface area (Å²) in [7, 11) is 0. The molecular weight excluding hydrogens is 436 g/mol. The summed E-state index contributed by atoms with van der Waals surface area (Å²) in [6.07, 6.45) is 1.19. The van der Waals surface area contributed by atoms with Crippen molar-refractivity contribution in [1.82, 2.24) is 0 Å². The Morgan fingerprint density at radius 3 is 2.34 bits per heavy atom. The molecule has 0 bridgehead atoms. The normalized spacial score (nSPS) is 20.7. The van der Waals surface area contributed by atoms with Crippen molar-refractivity contribution in [2.24, 2.45) is 16.3 Å². The molecule has 0 spiro atoms. The summed E-state index contributed by atoms with van der Waals surface area (Å²) in [6.45, 7) is 7.95. The van der Waals surface area contributed by atoms with Crippen LogP contribution in [0.1, 0.15) is 65.3 Å². The van der Waals surface area contributed by atoms with Crippen molar-refractivity contribution in [3.63, 3.8) is 0 Å². The summed E-state index contributed by atoms with van der Waals surface area (Å²) >= 11 is 0. The number of phenols is 1. The van der Waals surface area contributed by atoms with Crippen LogP contribution in [-0.2, 0) is 4.79 Å². The first kappa shape index (κ1) is 23.0. The number of anilines is 1. The lowest BCUT2D eigenvalue weighted by Crippen LogP contribution is -2.42. The van der Waals surface area contributed by atoms with Gasteiger partial charge in [-0.2, -0.15) is 0 Å². The van der Waals surface area contributed by atoms with E-state index in [0.717, 1.165) is 28.1 Å². The minimum atomic E-state index is -0.410. The van der Waals surface area contributed by atoms with E-state index in [2.05, 4.69) is 19.2 Å². The minimum Gasteiger partial charge on any atom is -0.507 e. The molecule has 5 rings (SSSR count). The van der Waals surface area contributed by atoms with Crippen LogP contribution in [0.5, 0.6) is 5.75 Å². The largest absolute Gasteiger partial charge is 0.507 e. The zero-order chi connectivity index (χ0) is 24.9. The number of nitrogens with zero attached hydrogens (tertiary/aromatic N) is 1. The predicted molar refractivity (Wildman–Crippen MR) is 139 cm³/mol. The fraction of sp³-hybridized carbons (Fsp3) is 0.300. The molecule has 178 valence electrons. The summed E-state index contributed by atoms with van der Waals surface area (Å²) in [5, 5.41) is 13.9. The Bertz CT molecular complexity index is 1350. The number of fused-ring (bicyclic) bond motifs is 2. The van der Waals surface area contributed by atoms with Crippen molar-refractivity contribution in [1.29, 1.82) is 0 Å². The second kappa shape index (κ2) is 8.49. The smallest absolute Gasteiger partial charge is 0.193 e. The molecule has 3 aromatic rings. The van der Waals surface area contributed by atoms with Crippen LogP contribution in [0, 0.1) is 25.2 Å². The Hall–Kier alpha value is -3.73. The first-order valence-electron chi connectivity index (χ1n) is 12.0. The van der Waals surface area contributed by atoms with Gasteiger partial charge in [0.15, 0.2) is 5.78 Å². The third-order valence-corrected chi connectivity index (χ3v) is 7.10. The quantitative estimate of drug-likeness (QED) is 0.433. The molecule has 5 nitrogen and oxygen atoms in total. The predicted octanol–water partition coefficient (Wildman–Crippen LogP) is 6.48. The Morgan fingerprint density at radius 2 is 1.66 bits per heavy atom. The van der Waals surface area contributed by atoms with Gasteiger partial charge in [0.1, 0.15) is 11.5 Å². The highest BCUT2D eigenvalue weighted by molar-refractivity contribution is 6.12. The molecule has 0 amide bonds. The third kappa shape index (κ3) is 4.27. The van der Waals surface area contributed by atoms with Gasteiger partial charge in [-0.25, -0.2) is 0 Å². The van der Waals surface area contributed by atoms with Crippen molar-refractivity contribution < 1.29 is 14.7 Å². The fourth-order valence-electron chi connectivity index (χ4n) is 5.41. The highest BCUT2D eigenvalue weighted by Gasteiger charge is 2.44. The van der Waals surface area contributed by atoms with Crippen LogP contribution in [0.4, 0.5) is 11.4 Å². The SMILES string of the molecule is Cc1cc([C@H]2Nc3ccc(C(=O)c4ccccc4)cc3N=C3CC(C)(C)CC(=O)C32)cc(C)c1O. The van der Waals surface area contributed by atoms with Crippen LogP contribution in [0.2, 0.25) is 0 Å². The van der Waals surface area contributed by atoms with Gasteiger partial charge in [-0.05, 0) is 60.6 Å². The number of phenolic OH excluding ortho intramolecular Hbond substituents is 1. The standard InChI is InChI=1S/C30H30N2O3/c1-17-12-21(13-18(2)28(17)34)27-26-24(15-30(3,4)16-25(26)33)31-23-14-20(10-11-22(23)32-27)29(35)19-8-6-5-7-9-19/h5-14,26-27,32,34H,15-16H2,1-4H3/t26?,27-/m1/s1. The number of hydrogen-bond donors (Lipinski definition) is 2. The maximum absolute atomic E-state index is 13.5. The molecular formula is C30H30N2O3. The number of aromatic hydroxyl groups is 1. The fourth-order valence-corrected chi connectivity index (χ4v) is 5.41. The van der Waals surface area contributed by atoms with Gasteiger partial charge >= 0.3 is 0 Å². The lowest BCUT2D eigenvalue weighted by Gasteiger charge is -2.37. The monoisotopic (exact) mass is 466 g/mol. The number of benzene rings is 3. The van der Waals surface area contributed by atoms with Gasteiger partial charge < -0.3 is 10.4 Å². The molecule has 35 heavy (non-hydrogen) atoms. The molecule has 2 atom stereocenters. The second-order valence-electron chi connectivity index (χ2n) is 10.6. The Kier molecular flexibility index (Phi) is 5.59. The molecule has 0 saturated heterocycles. The van der Waals surface area contributed by atoms with E-state index in [1.165, 1.54) is 0 Å². The van der Waals surface area contributed by atoms with Gasteiger partial charge in [0.25, 0.3) is 0 Å². The maximum atomic E-state index is 13.5. The second-order valence-corrected chi connectivity index (χ2v) is 10.6. The zero-order valence-corrected chi connectivity index (χ0v) is 20.6. The molecule has 5 heteroatoms. The van der Waals surface area contributed by atoms with Gasteiger partial charge in [-0.15, -0.1) is 0 Å². The van der Waals surface area contributed by atoms with E-state index < -0.39 is 5.92 Å². The zero-order valence-electron chi connectivity index (χ0n) is 20.6. The van der Waals surface area contributed by atoms with Crippen LogP contribution in [0.25, 0.3) is 0 Å². The molecule has 1 aliphatic carbocycles. The Balaban J connectivity index is 1.64. The highest BCUT2D eigenvalue weighted by Crippen LogP contribution is 2.46. The van der Waals surface area contributed by atoms with Crippen molar-refractivity contribution >= 4 is 28.7 Å². The first-order valence-corrected chi connectivity index (χ1v) is 12.0. The molecule has 3 aromatic carbocycles. The minimum absolute atomic E-state index is 0.0595. The van der Waals surface area contributed by atoms with Gasteiger partial charge in [0.2, 0.25) is 0 Å². The maximum Gasteiger partial charge on any atom is 0.193 e. The number of rotatable bonds is 3. The van der Waals surface area contributed by atoms with Crippen LogP contribution >= 0.6 is 0 Å². The van der Waals surface area contributed by atoms with E-state index in [0.29, 0.717) is 29.7 Å². The van der Waals surface area contributed by atoms with Crippen molar-refractivity contribution in [3.8, 4) is 5.75 Å². The van der Waals surface area contributed by atoms with Crippen LogP contribution in [0.3, 0.4) is 0 Å². The average molecular weight is 467 g/mol. The van der Waals surface area contributed by atoms with E-state index in [-0.39, 0.29) is 28.8 Å². The summed E-state index contributed by atoms with van der Waals surface area (Å²) < 4.78 is 0. The number of aliphatic imine (C=N–C) groups is 1. The van der Waals surface area contributed by atoms with E-state index in [4.69, 9.17) is 4.99 Å². The van der Waals surface area contributed by atoms with Crippen LogP contribution in [-0.4, -0.2) is 22.4 Å². The number of ketones is 2. The number of carbonyl (C=O) groups excluding carboxylic acids is 2. The molecule has 1 fully saturated rings. The summed E-state index contributed by atoms with van der Waals surface area (Å²) in [5.41, 5.74) is 5.81. The number of nitrogens with one attached hydrogen (secondary N) is 1. The lowest BCUT2D eigenvalue weighted by molar-refractivity contribution is -0.124. The molecule has 1 saturated carbocycles. The number of Topliss-reactive ketones (excluding diaryl/α,β-unsaturated/α-hetero) is 1. The Labute approximate surface area is 205 Å². The van der Waals surface area contributed by atoms with E-state index in [1.54, 1.807) is 0 Å². The van der Waals surface area contributed by atoms with Crippen LogP contribution in [0.15, 0.2) is 65.7 Å². The van der Waals surface area contributed by atoms with E-state index in [1.807, 2.05) is 74.5 Å². The van der Waals surface area contributed by atoms with Crippen molar-refractivity contribution in [2.45, 2.75) is 46.6 Å². The molecule has 1 aliphatic heterocycles. The molecule has 1 heterocycles. The highest BCUT2D eigenvalue weighted by atomic mass is 16.3.